The molecule has 4 aliphatic heterocycles. The number of rotatable bonds is 7. The van der Waals surface area contributed by atoms with Crippen molar-refractivity contribution < 1.29 is 0 Å². The van der Waals surface area contributed by atoms with Crippen LogP contribution in [0.4, 0.5) is 0 Å². The molecule has 0 aliphatic carbocycles. The second-order valence-electron chi connectivity index (χ2n) is 41.2. The Balaban J connectivity index is 1.15. The van der Waals surface area contributed by atoms with E-state index in [0.717, 1.165) is 175 Å². The van der Waals surface area contributed by atoms with E-state index in [1.165, 1.54) is 44.5 Å². The number of aromatic amines is 4. The molecule has 4 aliphatic rings. The van der Waals surface area contributed by atoms with Crippen LogP contribution in [-0.2, 0) is 43.3 Å². The summed E-state index contributed by atoms with van der Waals surface area (Å²) in [6, 6.07) is 64.7. The first-order valence-electron chi connectivity index (χ1n) is 41.8. The van der Waals surface area contributed by atoms with Gasteiger partial charge in [-0.1, -0.05) is 263 Å². The van der Waals surface area contributed by atoms with E-state index in [1.54, 1.807) is 0 Å². The molecule has 0 atom stereocenters. The topological polar surface area (TPSA) is 115 Å². The van der Waals surface area contributed by atoms with Crippen LogP contribution < -0.4 is 0 Å². The lowest BCUT2D eigenvalue weighted by atomic mass is 9.78. The molecule has 6 aromatic heterocycles. The van der Waals surface area contributed by atoms with E-state index in [2.05, 4.69) is 450 Å². The predicted octanol–water partition coefficient (Wildman–Crippen LogP) is 30.9. The predicted molar refractivity (Wildman–Crippen MR) is 524 cm³/mol. The molecule has 0 spiro atoms. The molecule has 12 aromatic rings. The molecule has 0 radical (unpaired) electrons. The third kappa shape index (κ3) is 16.0. The maximum absolute atomic E-state index is 6.17. The number of fused-ring (bicyclic) bond motifs is 16. The molecule has 0 saturated carbocycles. The van der Waals surface area contributed by atoms with Crippen LogP contribution in [0.25, 0.3) is 171 Å². The van der Waals surface area contributed by atoms with Gasteiger partial charge in [-0.2, -0.15) is 0 Å². The maximum atomic E-state index is 6.17. The van der Waals surface area contributed by atoms with Crippen molar-refractivity contribution in [3.63, 3.8) is 0 Å². The van der Waals surface area contributed by atoms with Crippen molar-refractivity contribution in [3.05, 3.63) is 267 Å². The van der Waals surface area contributed by atoms with Gasteiger partial charge in [-0.15, -0.1) is 0 Å². The van der Waals surface area contributed by atoms with Gasteiger partial charge in [-0.05, 0) is 288 Å². The molecule has 4 N–H and O–H groups in total. The first-order valence-corrected chi connectivity index (χ1v) is 43.9. The highest BCUT2D eigenvalue weighted by atomic mass is 127. The van der Waals surface area contributed by atoms with E-state index in [4.69, 9.17) is 19.9 Å². The van der Waals surface area contributed by atoms with Gasteiger partial charge < -0.3 is 19.9 Å². The monoisotopic (exact) mass is 1770 g/mol. The number of aromatic nitrogens is 8. The number of nitrogens with one attached hydrogen (secondary N) is 4. The van der Waals surface area contributed by atoms with Gasteiger partial charge in [0.05, 0.1) is 45.6 Å². The summed E-state index contributed by atoms with van der Waals surface area (Å²) in [6.07, 6.45) is 17.9. The Labute approximate surface area is 726 Å². The maximum Gasteiger partial charge on any atom is 0.0738 e. The minimum Gasteiger partial charge on any atom is -0.354 e. The van der Waals surface area contributed by atoms with Crippen molar-refractivity contribution in [2.24, 2.45) is 0 Å². The molecular weight excluding hydrogens is 1660 g/mol. The Morgan fingerprint density at radius 2 is 0.322 bits per heavy atom. The van der Waals surface area contributed by atoms with Crippen molar-refractivity contribution in [2.75, 3.05) is 0 Å². The SMILES string of the molecule is CC(C)(C)c1cc(-c2c3nc(c(-c4c5nc(c(-c6cc(C(C)(C)C)cc(C(C)(C)C)c6)c6ccc([nH]6)c(-c6ccc(I)cc6)c6nc(c(-c7cc(C(C)(C)C)cc(C(C)(C)C)c7)c7ccc4[nH]7)C=C6)C=C5)c4ccc([nH]4)c(-c4cc(C(C)(C)C)cc(C(C)(C)C)c4)c4nc(c(-c5ccc(I)cc5)c5ccc2[nH]5)C=C4)C=C3)cc(C(C)(C)C)c1. The highest BCUT2D eigenvalue weighted by Gasteiger charge is 2.32. The van der Waals surface area contributed by atoms with Crippen LogP contribution in [0.3, 0.4) is 0 Å². The van der Waals surface area contributed by atoms with Crippen LogP contribution in [0.5, 0.6) is 0 Å². The number of hydrogen-bond acceptors (Lipinski definition) is 4. The normalized spacial score (nSPS) is 13.5. The van der Waals surface area contributed by atoms with Gasteiger partial charge in [-0.25, -0.2) is 19.9 Å². The van der Waals surface area contributed by atoms with E-state index in [9.17, 15) is 0 Å². The Morgan fingerprint density at radius 3 is 0.483 bits per heavy atom. The Bertz CT molecular complexity index is 5930. The summed E-state index contributed by atoms with van der Waals surface area (Å²) in [7, 11) is 0. The Kier molecular flexibility index (Phi) is 20.4. The van der Waals surface area contributed by atoms with Crippen LogP contribution in [0, 0.1) is 7.14 Å². The molecule has 10 heteroatoms. The quantitative estimate of drug-likeness (QED) is 0.119. The summed E-state index contributed by atoms with van der Waals surface area (Å²) < 4.78 is 2.31. The second-order valence-corrected chi connectivity index (χ2v) is 43.7. The molecule has 16 bridgehead atoms. The minimum absolute atomic E-state index is 0.185. The average molecular weight is 1780 g/mol. The zero-order valence-corrected chi connectivity index (χ0v) is 77.6. The summed E-state index contributed by atoms with van der Waals surface area (Å²) in [5.74, 6) is 0. The van der Waals surface area contributed by atoms with Gasteiger partial charge in [0.15, 0.2) is 0 Å². The Hall–Kier alpha value is -10.0. The van der Waals surface area contributed by atoms with Crippen LogP contribution >= 0.6 is 45.2 Å². The van der Waals surface area contributed by atoms with E-state index in [0.29, 0.717) is 0 Å². The summed E-state index contributed by atoms with van der Waals surface area (Å²) in [6.45, 7) is 55.7. The number of benzene rings is 6. The lowest BCUT2D eigenvalue weighted by Gasteiger charge is -2.26. The van der Waals surface area contributed by atoms with E-state index in [-0.39, 0.29) is 43.3 Å². The van der Waals surface area contributed by atoms with E-state index < -0.39 is 0 Å². The molecular formula is C108H112I2N8. The number of halogens is 2. The number of nitrogens with zero attached hydrogens (tertiary/aromatic N) is 4. The van der Waals surface area contributed by atoms with Crippen molar-refractivity contribution in [1.29, 1.82) is 0 Å². The summed E-state index contributed by atoms with van der Waals surface area (Å²) in [5, 5.41) is 0. The molecule has 0 unspecified atom stereocenters. The third-order valence-corrected chi connectivity index (χ3v) is 25.3. The molecule has 16 rings (SSSR count). The molecule has 118 heavy (non-hydrogen) atoms. The minimum atomic E-state index is -0.185. The highest BCUT2D eigenvalue weighted by Crippen LogP contribution is 2.48. The lowest BCUT2D eigenvalue weighted by molar-refractivity contribution is 0.568. The molecule has 6 aromatic carbocycles. The largest absolute Gasteiger partial charge is 0.354 e. The van der Waals surface area contributed by atoms with Gasteiger partial charge in [-0.3, -0.25) is 0 Å². The fraction of sp³-hybridized carbons (Fsp3) is 0.296. The lowest BCUT2D eigenvalue weighted by Crippen LogP contribution is -2.16. The van der Waals surface area contributed by atoms with Gasteiger partial charge >= 0.3 is 0 Å². The molecule has 8 nitrogen and oxygen atoms in total. The smallest absolute Gasteiger partial charge is 0.0738 e. The zero-order chi connectivity index (χ0) is 84.2. The fourth-order valence-corrected chi connectivity index (χ4v) is 17.3. The van der Waals surface area contributed by atoms with E-state index >= 15 is 0 Å². The van der Waals surface area contributed by atoms with Crippen molar-refractivity contribution >= 4 is 138 Å². The summed E-state index contributed by atoms with van der Waals surface area (Å²) >= 11 is 4.84. The highest BCUT2D eigenvalue weighted by molar-refractivity contribution is 14.1. The summed E-state index contributed by atoms with van der Waals surface area (Å²) in [4.78, 5) is 41.0. The fourth-order valence-electron chi connectivity index (χ4n) is 16.5. The van der Waals surface area contributed by atoms with Crippen molar-refractivity contribution in [1.82, 2.24) is 39.9 Å². The van der Waals surface area contributed by atoms with Gasteiger partial charge in [0.2, 0.25) is 0 Å². The molecule has 10 heterocycles. The van der Waals surface area contributed by atoms with Crippen LogP contribution in [0.2, 0.25) is 0 Å². The molecule has 0 saturated heterocycles. The third-order valence-electron chi connectivity index (χ3n) is 23.8. The van der Waals surface area contributed by atoms with Crippen LogP contribution in [0.1, 0.15) is 256 Å². The zero-order valence-electron chi connectivity index (χ0n) is 73.3. The first kappa shape index (κ1) is 81.7. The van der Waals surface area contributed by atoms with Gasteiger partial charge in [0, 0.05) is 95.8 Å². The van der Waals surface area contributed by atoms with Crippen LogP contribution in [0.15, 0.2) is 170 Å². The van der Waals surface area contributed by atoms with Crippen molar-refractivity contribution in [2.45, 2.75) is 209 Å². The van der Waals surface area contributed by atoms with Crippen molar-refractivity contribution in [3.8, 4) is 77.9 Å². The second kappa shape index (κ2) is 29.5. The van der Waals surface area contributed by atoms with E-state index in [1.807, 2.05) is 0 Å². The Morgan fingerprint density at radius 1 is 0.178 bits per heavy atom. The van der Waals surface area contributed by atoms with Crippen LogP contribution in [-0.4, -0.2) is 39.9 Å². The molecule has 598 valence electrons. The molecule has 0 fully saturated rings. The van der Waals surface area contributed by atoms with Gasteiger partial charge in [0.25, 0.3) is 0 Å². The summed E-state index contributed by atoms with van der Waals surface area (Å²) in [5.41, 5.74) is 36.5. The molecule has 0 amide bonds. The average Bonchev–Trinajstić information content (AvgIpc) is 1.58. The van der Waals surface area contributed by atoms with Gasteiger partial charge in [0.1, 0.15) is 0 Å². The number of H-pyrrole nitrogens is 4. The number of hydrogen-bond donors (Lipinski definition) is 4. The first-order chi connectivity index (χ1) is 55.3. The standard InChI is InChI=1S/C108H112I2N8/c1-101(2,3)67-49-63(50-68(57-67)102(4,5)6)95-81-37-33-77(111-81)93(61-25-29-75(109)30-26-61)78-34-38-82(112-78)96(64-51-69(103(7,8)9)58-70(52-64)104(10,11)12)86-42-46-90(116-86)99(89-45-41-85(95)115-89)100-91-47-43-87(117-91)97(65-53-71(105(13,14)15)59-72(54-65)106(16,17)18)83-39-35-79(113-83)94(62-27-31-76(110)32-28-62)80-36-40-84(114-80)98(88-44-48-92(100)118-88)66-55-73(107(19,20)21)60-74(56-66)108(22,23)24/h25-60,111,113,116,118H,1-24H3.